The van der Waals surface area contributed by atoms with E-state index >= 15 is 0 Å². The van der Waals surface area contributed by atoms with Crippen LogP contribution in [0.4, 0.5) is 0 Å². The van der Waals surface area contributed by atoms with Gasteiger partial charge in [-0.3, -0.25) is 0 Å². The highest BCUT2D eigenvalue weighted by Crippen LogP contribution is 2.41. The molecule has 5 rings (SSSR count). The second-order valence-corrected chi connectivity index (χ2v) is 8.54. The molecule has 0 radical (unpaired) electrons. The zero-order valence-corrected chi connectivity index (χ0v) is 15.7. The summed E-state index contributed by atoms with van der Waals surface area (Å²) in [6, 6.07) is 12.8. The number of hydrogen-bond donors (Lipinski definition) is 0. The van der Waals surface area contributed by atoms with Crippen LogP contribution in [0.2, 0.25) is 0 Å². The van der Waals surface area contributed by atoms with Crippen LogP contribution < -0.4 is 0 Å². The maximum absolute atomic E-state index is 5.00. The lowest BCUT2D eigenvalue weighted by Gasteiger charge is -2.04. The number of hydrogen-bond acceptors (Lipinski definition) is 4. The Morgan fingerprint density at radius 3 is 2.48 bits per heavy atom. The number of thiophene rings is 2. The Hall–Kier alpha value is -2.04. The molecule has 3 aromatic heterocycles. The normalized spacial score (nSPS) is 12.0. The zero-order chi connectivity index (χ0) is 16.8. The number of benzene rings is 2. The van der Waals surface area contributed by atoms with E-state index in [1.54, 1.807) is 0 Å². The van der Waals surface area contributed by atoms with E-state index in [4.69, 9.17) is 9.97 Å². The summed E-state index contributed by atoms with van der Waals surface area (Å²) in [6.45, 7) is 2.26. The summed E-state index contributed by atoms with van der Waals surface area (Å²) < 4.78 is 2.65. The van der Waals surface area contributed by atoms with E-state index in [0.29, 0.717) is 0 Å². The minimum absolute atomic E-state index is 0.974. The van der Waals surface area contributed by atoms with Gasteiger partial charge in [0.1, 0.15) is 5.52 Å². The molecule has 0 bridgehead atoms. The second kappa shape index (κ2) is 6.04. The fourth-order valence-corrected chi connectivity index (χ4v) is 5.69. The van der Waals surface area contributed by atoms with Crippen molar-refractivity contribution < 1.29 is 0 Å². The summed E-state index contributed by atoms with van der Waals surface area (Å²) in [5.74, 6) is 0. The molecule has 5 aromatic rings. The lowest BCUT2D eigenvalue weighted by molar-refractivity contribution is 0.723. The molecule has 0 aliphatic rings. The largest absolute Gasteiger partial charge is 0.244 e. The minimum Gasteiger partial charge on any atom is -0.244 e. The monoisotopic (exact) mass is 362 g/mol. The molecule has 0 fully saturated rings. The smallest absolute Gasteiger partial charge is 0.108 e. The molecule has 0 aliphatic heterocycles. The Balaban J connectivity index is 1.84. The van der Waals surface area contributed by atoms with Crippen molar-refractivity contribution in [2.24, 2.45) is 0 Å². The molecule has 25 heavy (non-hydrogen) atoms. The molecular formula is C21H18N2S2. The van der Waals surface area contributed by atoms with Crippen LogP contribution in [0.1, 0.15) is 31.1 Å². The van der Waals surface area contributed by atoms with E-state index in [1.165, 1.54) is 50.7 Å². The molecule has 0 saturated heterocycles. The van der Waals surface area contributed by atoms with Crippen LogP contribution in [-0.4, -0.2) is 9.97 Å². The molecule has 124 valence electrons. The van der Waals surface area contributed by atoms with Gasteiger partial charge in [0.25, 0.3) is 0 Å². The lowest BCUT2D eigenvalue weighted by atomic mass is 10.1. The van der Waals surface area contributed by atoms with Crippen LogP contribution in [0.5, 0.6) is 0 Å². The maximum Gasteiger partial charge on any atom is 0.108 e. The first-order chi connectivity index (χ1) is 12.3. The van der Waals surface area contributed by atoms with Crippen molar-refractivity contribution in [3.05, 3.63) is 46.7 Å². The molecule has 2 aromatic carbocycles. The second-order valence-electron chi connectivity index (χ2n) is 6.49. The van der Waals surface area contributed by atoms with Gasteiger partial charge in [-0.1, -0.05) is 31.9 Å². The third-order valence-electron chi connectivity index (χ3n) is 4.76. The zero-order valence-electron chi connectivity index (χ0n) is 14.1. The Morgan fingerprint density at radius 2 is 1.68 bits per heavy atom. The summed E-state index contributed by atoms with van der Waals surface area (Å²) >= 11 is 3.73. The van der Waals surface area contributed by atoms with E-state index in [1.807, 2.05) is 34.8 Å². The summed E-state index contributed by atoms with van der Waals surface area (Å²) in [5, 5.41) is 4.77. The number of aryl methyl sites for hydroxylation is 1. The van der Waals surface area contributed by atoms with Gasteiger partial charge < -0.3 is 0 Å². The van der Waals surface area contributed by atoms with Crippen molar-refractivity contribution in [3.8, 4) is 0 Å². The van der Waals surface area contributed by atoms with Crippen molar-refractivity contribution >= 4 is 64.9 Å². The van der Waals surface area contributed by atoms with Gasteiger partial charge in [-0.15, -0.1) is 22.7 Å². The highest BCUT2D eigenvalue weighted by atomic mass is 32.1. The number of unbranched alkanes of at least 4 members (excludes halogenated alkanes) is 2. The van der Waals surface area contributed by atoms with Crippen LogP contribution in [0.25, 0.3) is 42.2 Å². The summed E-state index contributed by atoms with van der Waals surface area (Å²) in [6.07, 6.45) is 5.00. The summed E-state index contributed by atoms with van der Waals surface area (Å²) in [5.41, 5.74) is 4.06. The first-order valence-corrected chi connectivity index (χ1v) is 10.5. The van der Waals surface area contributed by atoms with Crippen LogP contribution >= 0.6 is 22.7 Å². The van der Waals surface area contributed by atoms with E-state index < -0.39 is 0 Å². The van der Waals surface area contributed by atoms with Crippen LogP contribution in [0.3, 0.4) is 0 Å². The maximum atomic E-state index is 5.00. The summed E-state index contributed by atoms with van der Waals surface area (Å²) in [7, 11) is 0. The number of nitrogens with zero attached hydrogens (tertiary/aromatic N) is 2. The number of rotatable bonds is 4. The SMILES string of the molecule is CCCCCc1cc2c3sccc3c3nc4ccccc4nc3c2s1. The number of aromatic nitrogens is 2. The molecule has 0 N–H and O–H groups in total. The van der Waals surface area contributed by atoms with Gasteiger partial charge in [0.15, 0.2) is 0 Å². The molecule has 4 heteroatoms. The van der Waals surface area contributed by atoms with Crippen molar-refractivity contribution in [1.29, 1.82) is 0 Å². The van der Waals surface area contributed by atoms with E-state index in [0.717, 1.165) is 22.1 Å². The Labute approximate surface area is 154 Å². The molecule has 2 nitrogen and oxygen atoms in total. The van der Waals surface area contributed by atoms with Crippen molar-refractivity contribution in [3.63, 3.8) is 0 Å². The summed E-state index contributed by atoms with van der Waals surface area (Å²) in [4.78, 5) is 11.4. The number of para-hydroxylation sites is 2. The Kier molecular flexibility index (Phi) is 3.68. The predicted molar refractivity (Wildman–Crippen MR) is 111 cm³/mol. The van der Waals surface area contributed by atoms with Crippen LogP contribution in [0.15, 0.2) is 41.8 Å². The average molecular weight is 363 g/mol. The Morgan fingerprint density at radius 1 is 0.880 bits per heavy atom. The third-order valence-corrected chi connectivity index (χ3v) is 6.91. The molecular weight excluding hydrogens is 344 g/mol. The first-order valence-electron chi connectivity index (χ1n) is 8.83. The topological polar surface area (TPSA) is 25.8 Å². The van der Waals surface area contributed by atoms with E-state index in [9.17, 15) is 0 Å². The van der Waals surface area contributed by atoms with E-state index in [-0.39, 0.29) is 0 Å². The van der Waals surface area contributed by atoms with Crippen molar-refractivity contribution in [1.82, 2.24) is 9.97 Å². The van der Waals surface area contributed by atoms with Gasteiger partial charge >= 0.3 is 0 Å². The third kappa shape index (κ3) is 2.43. The molecule has 3 heterocycles. The van der Waals surface area contributed by atoms with Crippen molar-refractivity contribution in [2.45, 2.75) is 32.6 Å². The van der Waals surface area contributed by atoms with Crippen LogP contribution in [-0.2, 0) is 6.42 Å². The highest BCUT2D eigenvalue weighted by Gasteiger charge is 2.15. The minimum atomic E-state index is 0.974. The lowest BCUT2D eigenvalue weighted by Crippen LogP contribution is -1.87. The highest BCUT2D eigenvalue weighted by molar-refractivity contribution is 7.22. The molecule has 0 aliphatic carbocycles. The fraction of sp³-hybridized carbons (Fsp3) is 0.238. The number of fused-ring (bicyclic) bond motifs is 7. The van der Waals surface area contributed by atoms with Gasteiger partial charge in [0, 0.05) is 20.3 Å². The molecule has 0 saturated carbocycles. The molecule has 0 spiro atoms. The van der Waals surface area contributed by atoms with Gasteiger partial charge in [0.2, 0.25) is 0 Å². The molecule has 0 unspecified atom stereocenters. The van der Waals surface area contributed by atoms with Gasteiger partial charge in [-0.2, -0.15) is 0 Å². The fourth-order valence-electron chi connectivity index (χ4n) is 3.51. The van der Waals surface area contributed by atoms with Gasteiger partial charge in [0.05, 0.1) is 21.3 Å². The molecule has 0 atom stereocenters. The molecule has 0 amide bonds. The standard InChI is InChI=1S/C21H18N2S2/c1-2-3-4-7-13-12-15-20-14(10-11-24-20)18-19(21(15)25-13)23-17-9-6-5-8-16(17)22-18/h5-6,8-12H,2-4,7H2,1H3. The first kappa shape index (κ1) is 15.2. The van der Waals surface area contributed by atoms with E-state index in [2.05, 4.69) is 36.6 Å². The predicted octanol–water partition coefficient (Wildman–Crippen LogP) is 6.95. The van der Waals surface area contributed by atoms with Gasteiger partial charge in [-0.05, 0) is 42.5 Å². The quantitative estimate of drug-likeness (QED) is 0.255. The van der Waals surface area contributed by atoms with Crippen LogP contribution in [0, 0.1) is 0 Å². The Bertz CT molecular complexity index is 1220. The average Bonchev–Trinajstić information content (AvgIpc) is 3.27. The van der Waals surface area contributed by atoms with Gasteiger partial charge in [-0.25, -0.2) is 9.97 Å². The van der Waals surface area contributed by atoms with Crippen molar-refractivity contribution in [2.75, 3.05) is 0 Å².